The number of hydrogen-bond donors (Lipinski definition) is 14. The third kappa shape index (κ3) is 27.9. The van der Waals surface area contributed by atoms with Crippen molar-refractivity contribution in [1.29, 1.82) is 0 Å². The van der Waals surface area contributed by atoms with Crippen molar-refractivity contribution in [2.24, 2.45) is 5.73 Å². The highest BCUT2D eigenvalue weighted by Crippen LogP contribution is 2.37. The molecule has 40 heteroatoms. The fourth-order valence-corrected chi connectivity index (χ4v) is 15.1. The highest BCUT2D eigenvalue weighted by atomic mass is 79.9. The number of carbonyl (C=O) groups is 4. The molecule has 2 atom stereocenters. The minimum Gasteiger partial charge on any atom is -0.488 e. The van der Waals surface area contributed by atoms with Gasteiger partial charge in [0.15, 0.2) is 9.84 Å². The summed E-state index contributed by atoms with van der Waals surface area (Å²) in [4.78, 5) is 61.4. The first-order valence-electron chi connectivity index (χ1n) is 34.7. The summed E-state index contributed by atoms with van der Waals surface area (Å²) in [6.07, 6.45) is 6.07. The molecule has 15 N–H and O–H groups in total. The van der Waals surface area contributed by atoms with Crippen molar-refractivity contribution in [3.8, 4) is 28.4 Å². The molecule has 0 spiro atoms. The molecule has 2 bridgehead atoms. The van der Waals surface area contributed by atoms with E-state index in [1.807, 2.05) is 50.2 Å². The van der Waals surface area contributed by atoms with Crippen molar-refractivity contribution < 1.29 is 80.7 Å². The van der Waals surface area contributed by atoms with Crippen molar-refractivity contribution in [2.45, 2.75) is 100 Å². The Labute approximate surface area is 626 Å². The van der Waals surface area contributed by atoms with Crippen LogP contribution in [0.15, 0.2) is 82.6 Å². The van der Waals surface area contributed by atoms with Crippen LogP contribution in [0.3, 0.4) is 0 Å². The maximum absolute atomic E-state index is 13.8. The maximum Gasteiger partial charge on any atom is 0.267 e. The zero-order valence-corrected chi connectivity index (χ0v) is 64.4. The van der Waals surface area contributed by atoms with E-state index in [1.54, 1.807) is 23.0 Å². The van der Waals surface area contributed by atoms with Crippen molar-refractivity contribution in [2.75, 3.05) is 141 Å². The van der Waals surface area contributed by atoms with Gasteiger partial charge in [-0.2, -0.15) is 25.3 Å². The van der Waals surface area contributed by atoms with Crippen LogP contribution in [0, 0.1) is 13.8 Å². The second-order valence-corrected chi connectivity index (χ2v) is 34.2. The number of benzene rings is 3. The van der Waals surface area contributed by atoms with Gasteiger partial charge in [0.25, 0.3) is 30.4 Å². The highest BCUT2D eigenvalue weighted by Gasteiger charge is 2.35. The smallest absolute Gasteiger partial charge is 0.267 e. The highest BCUT2D eigenvalue weighted by molar-refractivity contribution is 9.10. The number of fused-ring (bicyclic) bond motifs is 15. The molecule has 4 amide bonds. The predicted octanol–water partition coefficient (Wildman–Crippen LogP) is -1.60. The molecule has 106 heavy (non-hydrogen) atoms. The number of ether oxygens (including phenoxy) is 3. The van der Waals surface area contributed by atoms with Gasteiger partial charge in [-0.05, 0) is 88.6 Å². The molecule has 0 radical (unpaired) electrons. The average Bonchev–Trinajstić information content (AvgIpc) is 0.822. The molecule has 9 rings (SSSR count). The fourth-order valence-electron chi connectivity index (χ4n) is 12.3. The molecule has 586 valence electrons. The van der Waals surface area contributed by atoms with E-state index in [-0.39, 0.29) is 75.3 Å². The molecular weight excluding hydrogens is 1530 g/mol. The number of amides is 4. The van der Waals surface area contributed by atoms with Crippen LogP contribution in [-0.2, 0) is 92.3 Å². The molecule has 0 saturated carbocycles. The Morgan fingerprint density at radius 1 is 0.651 bits per heavy atom. The summed E-state index contributed by atoms with van der Waals surface area (Å²) >= 11 is 3.56. The molecule has 5 aromatic rings. The van der Waals surface area contributed by atoms with E-state index < -0.39 is 105 Å². The van der Waals surface area contributed by atoms with Gasteiger partial charge in [-0.25, -0.2) is 8.42 Å². The third-order valence-corrected chi connectivity index (χ3v) is 21.9. The van der Waals surface area contributed by atoms with Crippen LogP contribution in [0.25, 0.3) is 11.1 Å². The van der Waals surface area contributed by atoms with E-state index in [4.69, 9.17) is 24.5 Å². The zero-order chi connectivity index (χ0) is 76.7. The number of piperazine rings is 1. The number of carbonyl (C=O) groups excluding carboxylic acids is 4. The van der Waals surface area contributed by atoms with E-state index in [0.717, 1.165) is 34.1 Å². The Morgan fingerprint density at radius 3 is 1.86 bits per heavy atom. The molecule has 3 aromatic carbocycles. The summed E-state index contributed by atoms with van der Waals surface area (Å²) < 4.78 is 145. The quantitative estimate of drug-likeness (QED) is 0.0210. The molecule has 35 nitrogen and oxygen atoms in total. The lowest BCUT2D eigenvalue weighted by Gasteiger charge is -2.37. The molecule has 4 fully saturated rings. The number of halogens is 1. The SMILES string of the molecule is Cc1c(COc2cc(OCc3cncc(S(C)(=O)=O)c3)c(CN[C@@H](CS(=O)(=O)O)C(=O)NCCS(=O)(=O)O)cc2Br)cccc1-c1cccc(OCc2cn(CCCN3CCN(C(=O)[C@H](CS(=O)(=O)O)NC(=O)CCCC(=O)NC45CNCCNCC(N)(CNCCNC4)CNCCNC5)CC3)nn2)c1C. The lowest BCUT2D eigenvalue weighted by molar-refractivity contribution is -0.137. The molecule has 4 aliphatic heterocycles. The summed E-state index contributed by atoms with van der Waals surface area (Å²) in [5, 5.41) is 40.1. The van der Waals surface area contributed by atoms with Crippen LogP contribution in [-0.4, -0.2) is 265 Å². The van der Waals surface area contributed by atoms with Gasteiger partial charge in [-0.15, -0.1) is 5.10 Å². The maximum atomic E-state index is 13.8. The second-order valence-electron chi connectivity index (χ2n) is 26.8. The number of nitrogens with two attached hydrogens (primary N) is 1. The number of aromatic nitrogens is 4. The molecule has 0 aliphatic carbocycles. The van der Waals surface area contributed by atoms with Gasteiger partial charge in [0.1, 0.15) is 60.6 Å². The summed E-state index contributed by atoms with van der Waals surface area (Å²) in [5.41, 5.74) is 11.2. The molecule has 4 saturated heterocycles. The number of nitrogens with zero attached hydrogens (tertiary/aromatic N) is 6. The van der Waals surface area contributed by atoms with E-state index >= 15 is 0 Å². The largest absolute Gasteiger partial charge is 0.488 e. The monoisotopic (exact) mass is 1620 g/mol. The molecule has 4 aliphatic rings. The lowest BCUT2D eigenvalue weighted by Crippen LogP contribution is -2.67. The van der Waals surface area contributed by atoms with Crippen LogP contribution < -0.4 is 73.1 Å². The van der Waals surface area contributed by atoms with Crippen LogP contribution in [0.1, 0.15) is 59.2 Å². The van der Waals surface area contributed by atoms with E-state index in [0.29, 0.717) is 144 Å². The van der Waals surface area contributed by atoms with Crippen LogP contribution in [0.5, 0.6) is 17.2 Å². The minimum absolute atomic E-state index is 0.00890. The van der Waals surface area contributed by atoms with Gasteiger partial charge < -0.3 is 78.0 Å². The molecular formula is C66H98BrN17O18S4. The molecule has 0 unspecified atom stereocenters. The van der Waals surface area contributed by atoms with E-state index in [2.05, 4.69) is 89.3 Å². The van der Waals surface area contributed by atoms with Crippen molar-refractivity contribution in [1.82, 2.24) is 82.9 Å². The molecule has 6 heterocycles. The number of pyridine rings is 1. The first-order chi connectivity index (χ1) is 50.2. The standard InChI is InChI=1S/C66H98BrN17O18S4/c1-46-49(36-101-60-30-59(100-35-48-28-52(33-75-31-48)103(3,89)90)50(29-55(60)67)32-77-56(38-105(94,95)96)63(87)76-20-27-104(91,92)93)8-4-9-53(46)54-10-5-11-58(47(54)2)102-37-51-34-84(81-80-51)22-7-21-82-23-25-83(26-24-82)64(88)57(39-106(97,98)99)78-61(85)12-6-13-62(86)79-66-43-72-17-14-69-40-65(68,41-70-15-18-73-44-66)42-71-16-19-74-45-66/h4-5,8-11,28-31,33-34,56-57,69-74,77H,6-7,12-27,32,35-45,68H2,1-3H3,(H,76,87)(H,78,85)(H,79,86)(H,91,92,93)(H,94,95,96)(H,97,98,99)/t56-,57-,65?,66?/m0/s1. The minimum atomic E-state index is -4.76. The first kappa shape index (κ1) is 84.7. The average molecular weight is 1630 g/mol. The van der Waals surface area contributed by atoms with Crippen molar-refractivity contribution in [3.63, 3.8) is 0 Å². The third-order valence-electron chi connectivity index (χ3n) is 18.0. The Kier molecular flexibility index (Phi) is 31.5. The Bertz CT molecular complexity index is 4250. The van der Waals surface area contributed by atoms with Crippen LogP contribution >= 0.6 is 15.9 Å². The summed E-state index contributed by atoms with van der Waals surface area (Å²) in [6, 6.07) is 12.9. The van der Waals surface area contributed by atoms with Gasteiger partial charge >= 0.3 is 0 Å². The second kappa shape index (κ2) is 39.4. The topological polar surface area (TPSA) is 490 Å². The lowest BCUT2D eigenvalue weighted by atomic mass is 9.93. The van der Waals surface area contributed by atoms with Gasteiger partial charge in [0.2, 0.25) is 23.6 Å². The van der Waals surface area contributed by atoms with Crippen LogP contribution in [0.2, 0.25) is 0 Å². The van der Waals surface area contributed by atoms with E-state index in [9.17, 15) is 62.0 Å². The van der Waals surface area contributed by atoms with Crippen LogP contribution in [0.4, 0.5) is 0 Å². The molecule has 2 aromatic heterocycles. The van der Waals surface area contributed by atoms with Gasteiger partial charge in [-0.1, -0.05) is 35.5 Å². The Hall–Kier alpha value is -6.97. The van der Waals surface area contributed by atoms with Gasteiger partial charge in [-0.3, -0.25) is 47.4 Å². The number of rotatable bonds is 33. The van der Waals surface area contributed by atoms with Crippen molar-refractivity contribution in [3.05, 3.63) is 111 Å². The number of nitrogens with one attached hydrogen (secondary N) is 10. The number of hydrogen-bond acceptors (Lipinski definition) is 27. The van der Waals surface area contributed by atoms with Gasteiger partial charge in [0.05, 0.1) is 38.1 Å². The normalized spacial score (nSPS) is 19.1. The van der Waals surface area contributed by atoms with Crippen molar-refractivity contribution >= 4 is 79.8 Å². The number of sulfone groups is 1. The fraction of sp³-hybridized carbons (Fsp3) is 0.561. The predicted molar refractivity (Wildman–Crippen MR) is 397 cm³/mol. The zero-order valence-electron chi connectivity index (χ0n) is 59.5. The van der Waals surface area contributed by atoms with Gasteiger partial charge in [0, 0.05) is 180 Å². The Morgan fingerprint density at radius 2 is 1.24 bits per heavy atom. The number of aryl methyl sites for hydroxylation is 1. The van der Waals surface area contributed by atoms with E-state index in [1.165, 1.54) is 23.4 Å². The summed E-state index contributed by atoms with van der Waals surface area (Å²) in [7, 11) is -17.6. The summed E-state index contributed by atoms with van der Waals surface area (Å²) in [5.74, 6) is -4.43. The Balaban J connectivity index is 0.808. The summed E-state index contributed by atoms with van der Waals surface area (Å²) in [6.45, 7) is 12.8. The first-order valence-corrected chi connectivity index (χ1v) is 42.2.